The Bertz CT molecular complexity index is 444. The Kier molecular flexibility index (Phi) is 4.69. The molecule has 0 aliphatic carbocycles. The molecule has 1 fully saturated rings. The summed E-state index contributed by atoms with van der Waals surface area (Å²) in [6, 6.07) is 1.95. The van der Waals surface area contributed by atoms with Gasteiger partial charge in [0.2, 0.25) is 0 Å². The highest BCUT2D eigenvalue weighted by molar-refractivity contribution is 7.18. The van der Waals surface area contributed by atoms with E-state index >= 15 is 0 Å². The SMILES string of the molecule is CCCNC(=O)c1sc(N2CCCC(C)C2)cc1N. The smallest absolute Gasteiger partial charge is 0.263 e. The molecule has 0 radical (unpaired) electrons. The van der Waals surface area contributed by atoms with Crippen molar-refractivity contribution in [2.45, 2.75) is 33.1 Å². The lowest BCUT2D eigenvalue weighted by Gasteiger charge is -2.31. The number of rotatable bonds is 4. The van der Waals surface area contributed by atoms with Crippen molar-refractivity contribution in [3.63, 3.8) is 0 Å². The molecule has 1 unspecified atom stereocenters. The molecule has 1 aromatic rings. The molecule has 106 valence electrons. The number of hydrogen-bond acceptors (Lipinski definition) is 4. The van der Waals surface area contributed by atoms with Crippen LogP contribution in [0.25, 0.3) is 0 Å². The lowest BCUT2D eigenvalue weighted by Crippen LogP contribution is -2.33. The number of piperidine rings is 1. The molecule has 2 rings (SSSR count). The highest BCUT2D eigenvalue weighted by atomic mass is 32.1. The van der Waals surface area contributed by atoms with Gasteiger partial charge in [-0.15, -0.1) is 11.3 Å². The van der Waals surface area contributed by atoms with E-state index in [9.17, 15) is 4.79 Å². The number of nitrogen functional groups attached to an aromatic ring is 1. The van der Waals surface area contributed by atoms with Crippen molar-refractivity contribution in [3.8, 4) is 0 Å². The zero-order chi connectivity index (χ0) is 13.8. The molecule has 0 spiro atoms. The Hall–Kier alpha value is -1.23. The molecule has 1 aliphatic heterocycles. The van der Waals surface area contributed by atoms with Gasteiger partial charge in [-0.05, 0) is 31.2 Å². The van der Waals surface area contributed by atoms with Gasteiger partial charge < -0.3 is 16.0 Å². The fourth-order valence-corrected chi connectivity index (χ4v) is 3.46. The highest BCUT2D eigenvalue weighted by Gasteiger charge is 2.21. The first-order chi connectivity index (χ1) is 9.11. The van der Waals surface area contributed by atoms with Crippen LogP contribution in [0.3, 0.4) is 0 Å². The van der Waals surface area contributed by atoms with Crippen LogP contribution in [0.4, 0.5) is 10.7 Å². The van der Waals surface area contributed by atoms with Gasteiger partial charge in [-0.3, -0.25) is 4.79 Å². The summed E-state index contributed by atoms with van der Waals surface area (Å²) in [6.45, 7) is 7.15. The lowest BCUT2D eigenvalue weighted by molar-refractivity contribution is 0.0958. The molecule has 2 heterocycles. The Morgan fingerprint density at radius 2 is 2.42 bits per heavy atom. The molecule has 1 amide bonds. The zero-order valence-corrected chi connectivity index (χ0v) is 12.6. The van der Waals surface area contributed by atoms with E-state index in [2.05, 4.69) is 17.1 Å². The van der Waals surface area contributed by atoms with Gasteiger partial charge in [0.15, 0.2) is 0 Å². The van der Waals surface area contributed by atoms with E-state index in [4.69, 9.17) is 5.73 Å². The van der Waals surface area contributed by atoms with Crippen LogP contribution in [-0.2, 0) is 0 Å². The summed E-state index contributed by atoms with van der Waals surface area (Å²) in [4.78, 5) is 15.0. The van der Waals surface area contributed by atoms with Crippen LogP contribution in [0.15, 0.2) is 6.07 Å². The van der Waals surface area contributed by atoms with E-state index in [1.54, 1.807) is 0 Å². The number of carbonyl (C=O) groups is 1. The van der Waals surface area contributed by atoms with Gasteiger partial charge in [0.25, 0.3) is 5.91 Å². The second-order valence-corrected chi connectivity index (χ2v) is 6.35. The minimum atomic E-state index is -0.0411. The molecule has 5 heteroatoms. The first kappa shape index (κ1) is 14.2. The van der Waals surface area contributed by atoms with Gasteiger partial charge in [0.1, 0.15) is 4.88 Å². The number of nitrogens with one attached hydrogen (secondary N) is 1. The molecule has 0 bridgehead atoms. The summed E-state index contributed by atoms with van der Waals surface area (Å²) in [7, 11) is 0. The first-order valence-corrected chi connectivity index (χ1v) is 7.86. The topological polar surface area (TPSA) is 58.4 Å². The standard InChI is InChI=1S/C14H23N3OS/c1-3-6-16-14(18)13-11(15)8-12(19-13)17-7-4-5-10(2)9-17/h8,10H,3-7,9,15H2,1-2H3,(H,16,18). The Balaban J connectivity index is 2.09. The summed E-state index contributed by atoms with van der Waals surface area (Å²) in [5, 5.41) is 4.02. The number of hydrogen-bond donors (Lipinski definition) is 2. The van der Waals surface area contributed by atoms with Crippen molar-refractivity contribution >= 4 is 27.9 Å². The third-order valence-electron chi connectivity index (χ3n) is 3.46. The largest absolute Gasteiger partial charge is 0.397 e. The van der Waals surface area contributed by atoms with E-state index < -0.39 is 0 Å². The van der Waals surface area contributed by atoms with Gasteiger partial charge in [0, 0.05) is 19.6 Å². The van der Waals surface area contributed by atoms with Gasteiger partial charge in [-0.1, -0.05) is 13.8 Å². The highest BCUT2D eigenvalue weighted by Crippen LogP contribution is 2.34. The van der Waals surface area contributed by atoms with Crippen molar-refractivity contribution in [2.75, 3.05) is 30.3 Å². The van der Waals surface area contributed by atoms with E-state index in [0.29, 0.717) is 17.1 Å². The number of nitrogens with two attached hydrogens (primary N) is 1. The number of nitrogens with zero attached hydrogens (tertiary/aromatic N) is 1. The summed E-state index contributed by atoms with van der Waals surface area (Å²) < 4.78 is 0. The molecule has 1 aliphatic rings. The fourth-order valence-electron chi connectivity index (χ4n) is 2.43. The monoisotopic (exact) mass is 281 g/mol. The van der Waals surface area contributed by atoms with Crippen molar-refractivity contribution in [3.05, 3.63) is 10.9 Å². The number of amides is 1. The normalized spacial score (nSPS) is 19.5. The predicted molar refractivity (Wildman–Crippen MR) is 82.0 cm³/mol. The average Bonchev–Trinajstić information content (AvgIpc) is 2.78. The van der Waals surface area contributed by atoms with Crippen LogP contribution in [0.5, 0.6) is 0 Å². The van der Waals surface area contributed by atoms with Crippen LogP contribution in [0.1, 0.15) is 42.8 Å². The van der Waals surface area contributed by atoms with Crippen molar-refractivity contribution in [2.24, 2.45) is 5.92 Å². The fraction of sp³-hybridized carbons (Fsp3) is 0.643. The van der Waals surface area contributed by atoms with Crippen LogP contribution in [0, 0.1) is 5.92 Å². The Morgan fingerprint density at radius 3 is 3.11 bits per heavy atom. The molecule has 1 saturated heterocycles. The lowest BCUT2D eigenvalue weighted by atomic mass is 10.0. The van der Waals surface area contributed by atoms with Gasteiger partial charge in [0.05, 0.1) is 10.7 Å². The maximum Gasteiger partial charge on any atom is 0.263 e. The maximum absolute atomic E-state index is 12.0. The molecule has 4 nitrogen and oxygen atoms in total. The number of thiophene rings is 1. The molecule has 0 aromatic carbocycles. The van der Waals surface area contributed by atoms with Crippen molar-refractivity contribution in [1.29, 1.82) is 0 Å². The molecular formula is C14H23N3OS. The molecule has 19 heavy (non-hydrogen) atoms. The maximum atomic E-state index is 12.0. The van der Waals surface area contributed by atoms with Gasteiger partial charge in [-0.25, -0.2) is 0 Å². The van der Waals surface area contributed by atoms with Gasteiger partial charge in [-0.2, -0.15) is 0 Å². The van der Waals surface area contributed by atoms with E-state index in [1.165, 1.54) is 24.2 Å². The second kappa shape index (κ2) is 6.28. The van der Waals surface area contributed by atoms with Crippen LogP contribution in [-0.4, -0.2) is 25.5 Å². The molecule has 1 aromatic heterocycles. The molecular weight excluding hydrogens is 258 g/mol. The quantitative estimate of drug-likeness (QED) is 0.892. The third-order valence-corrected chi connectivity index (χ3v) is 4.67. The second-order valence-electron chi connectivity index (χ2n) is 5.32. The summed E-state index contributed by atoms with van der Waals surface area (Å²) in [5.74, 6) is 0.676. The van der Waals surface area contributed by atoms with E-state index in [0.717, 1.165) is 30.4 Å². The van der Waals surface area contributed by atoms with E-state index in [-0.39, 0.29) is 5.91 Å². The third kappa shape index (κ3) is 3.41. The average molecular weight is 281 g/mol. The van der Waals surface area contributed by atoms with Crippen LogP contribution < -0.4 is 16.0 Å². The summed E-state index contributed by atoms with van der Waals surface area (Å²) in [5.41, 5.74) is 6.58. The van der Waals surface area contributed by atoms with E-state index in [1.807, 2.05) is 13.0 Å². The van der Waals surface area contributed by atoms with Crippen molar-refractivity contribution < 1.29 is 4.79 Å². The number of anilines is 2. The molecule has 1 atom stereocenters. The minimum absolute atomic E-state index is 0.0411. The van der Waals surface area contributed by atoms with Crippen LogP contribution in [0.2, 0.25) is 0 Å². The van der Waals surface area contributed by atoms with Gasteiger partial charge >= 0.3 is 0 Å². The Morgan fingerprint density at radius 1 is 1.63 bits per heavy atom. The first-order valence-electron chi connectivity index (χ1n) is 7.04. The predicted octanol–water partition coefficient (Wildman–Crippen LogP) is 2.71. The Labute approximate surface area is 119 Å². The van der Waals surface area contributed by atoms with Crippen LogP contribution >= 0.6 is 11.3 Å². The summed E-state index contributed by atoms with van der Waals surface area (Å²) in [6.07, 6.45) is 3.45. The molecule has 0 saturated carbocycles. The molecule has 3 N–H and O–H groups in total. The van der Waals surface area contributed by atoms with Crippen molar-refractivity contribution in [1.82, 2.24) is 5.32 Å². The number of carbonyl (C=O) groups excluding carboxylic acids is 1. The zero-order valence-electron chi connectivity index (χ0n) is 11.7. The summed E-state index contributed by atoms with van der Waals surface area (Å²) >= 11 is 1.52. The minimum Gasteiger partial charge on any atom is -0.397 e.